The minimum atomic E-state index is 0.0991. The van der Waals surface area contributed by atoms with E-state index in [-0.39, 0.29) is 12.5 Å². The largest absolute Gasteiger partial charge is 0.483 e. The molecule has 1 aliphatic heterocycles. The molecular formula is C18H24ClNO2. The highest BCUT2D eigenvalue weighted by atomic mass is 35.5. The van der Waals surface area contributed by atoms with E-state index < -0.39 is 0 Å². The molecule has 1 aromatic carbocycles. The van der Waals surface area contributed by atoms with Crippen molar-refractivity contribution in [2.24, 2.45) is 0 Å². The first-order chi connectivity index (χ1) is 10.7. The summed E-state index contributed by atoms with van der Waals surface area (Å²) in [5.74, 6) is 1.45. The second kappa shape index (κ2) is 7.36. The molecule has 2 aliphatic rings. The standard InChI is InChI=1S/C18H24ClNO2/c19-15-8-9-17(16(12-15)14-6-2-1-3-7-14)22-13-18(21)20-10-4-5-11-20/h8-9,12,14H,1-7,10-11,13H2. The van der Waals surface area contributed by atoms with Crippen molar-refractivity contribution in [3.63, 3.8) is 0 Å². The van der Waals surface area contributed by atoms with Crippen LogP contribution in [0.25, 0.3) is 0 Å². The van der Waals surface area contributed by atoms with Crippen LogP contribution >= 0.6 is 11.6 Å². The average Bonchev–Trinajstić information content (AvgIpc) is 3.09. The number of hydrogen-bond donors (Lipinski definition) is 0. The van der Waals surface area contributed by atoms with Gasteiger partial charge in [-0.2, -0.15) is 0 Å². The van der Waals surface area contributed by atoms with Gasteiger partial charge in [0.15, 0.2) is 6.61 Å². The van der Waals surface area contributed by atoms with Gasteiger partial charge in [-0.15, -0.1) is 0 Å². The van der Waals surface area contributed by atoms with Crippen LogP contribution in [0.4, 0.5) is 0 Å². The zero-order chi connectivity index (χ0) is 15.4. The van der Waals surface area contributed by atoms with E-state index in [0.717, 1.165) is 36.7 Å². The molecule has 0 atom stereocenters. The second-order valence-electron chi connectivity index (χ2n) is 6.39. The van der Waals surface area contributed by atoms with Crippen LogP contribution in [0.5, 0.6) is 5.75 Å². The Hall–Kier alpha value is -1.22. The number of ether oxygens (including phenoxy) is 1. The van der Waals surface area contributed by atoms with E-state index in [1.807, 2.05) is 23.1 Å². The molecule has 1 heterocycles. The van der Waals surface area contributed by atoms with Crippen molar-refractivity contribution < 1.29 is 9.53 Å². The molecule has 0 radical (unpaired) electrons. The van der Waals surface area contributed by atoms with Gasteiger partial charge in [0.05, 0.1) is 0 Å². The van der Waals surface area contributed by atoms with Crippen molar-refractivity contribution in [2.45, 2.75) is 50.9 Å². The maximum Gasteiger partial charge on any atom is 0.260 e. The molecule has 22 heavy (non-hydrogen) atoms. The quantitative estimate of drug-likeness (QED) is 0.823. The molecule has 0 aromatic heterocycles. The maximum absolute atomic E-state index is 12.1. The first-order valence-electron chi connectivity index (χ1n) is 8.44. The Labute approximate surface area is 137 Å². The molecule has 1 aromatic rings. The minimum absolute atomic E-state index is 0.0991. The van der Waals surface area contributed by atoms with E-state index in [1.54, 1.807) is 0 Å². The van der Waals surface area contributed by atoms with E-state index in [2.05, 4.69) is 0 Å². The van der Waals surface area contributed by atoms with E-state index in [0.29, 0.717) is 5.92 Å². The number of rotatable bonds is 4. The monoisotopic (exact) mass is 321 g/mol. The second-order valence-corrected chi connectivity index (χ2v) is 6.83. The summed E-state index contributed by atoms with van der Waals surface area (Å²) in [6, 6.07) is 5.79. The average molecular weight is 322 g/mol. The lowest BCUT2D eigenvalue weighted by molar-refractivity contribution is -0.132. The molecule has 3 nitrogen and oxygen atoms in total. The van der Waals surface area contributed by atoms with Crippen LogP contribution in [0.2, 0.25) is 5.02 Å². The SMILES string of the molecule is O=C(COc1ccc(Cl)cc1C1CCCCC1)N1CCCC1. The van der Waals surface area contributed by atoms with Gasteiger partial charge in [-0.05, 0) is 55.4 Å². The summed E-state index contributed by atoms with van der Waals surface area (Å²) in [7, 11) is 0. The lowest BCUT2D eigenvalue weighted by Crippen LogP contribution is -2.32. The lowest BCUT2D eigenvalue weighted by atomic mass is 9.84. The summed E-state index contributed by atoms with van der Waals surface area (Å²) in [5.41, 5.74) is 1.18. The highest BCUT2D eigenvalue weighted by Gasteiger charge is 2.22. The molecule has 4 heteroatoms. The summed E-state index contributed by atoms with van der Waals surface area (Å²) in [6.07, 6.45) is 8.46. The fraction of sp³-hybridized carbons (Fsp3) is 0.611. The number of carbonyl (C=O) groups excluding carboxylic acids is 1. The Morgan fingerprint density at radius 3 is 2.59 bits per heavy atom. The van der Waals surface area contributed by atoms with Gasteiger partial charge >= 0.3 is 0 Å². The number of halogens is 1. The number of likely N-dealkylation sites (tertiary alicyclic amines) is 1. The first-order valence-corrected chi connectivity index (χ1v) is 8.82. The molecule has 3 rings (SSSR count). The summed E-state index contributed by atoms with van der Waals surface area (Å²) in [6.45, 7) is 1.89. The predicted octanol–water partition coefficient (Wildman–Crippen LogP) is 4.39. The van der Waals surface area contributed by atoms with Crippen LogP contribution in [0, 0.1) is 0 Å². The zero-order valence-corrected chi connectivity index (χ0v) is 13.8. The van der Waals surface area contributed by atoms with Crippen molar-refractivity contribution in [3.8, 4) is 5.75 Å². The van der Waals surface area contributed by atoms with Crippen LogP contribution in [0.15, 0.2) is 18.2 Å². The summed E-state index contributed by atoms with van der Waals surface area (Å²) >= 11 is 6.17. The normalized spacial score (nSPS) is 19.4. The van der Waals surface area contributed by atoms with E-state index in [1.165, 1.54) is 37.7 Å². The van der Waals surface area contributed by atoms with Gasteiger partial charge < -0.3 is 9.64 Å². The van der Waals surface area contributed by atoms with E-state index in [9.17, 15) is 4.79 Å². The molecule has 1 saturated carbocycles. The maximum atomic E-state index is 12.1. The van der Waals surface area contributed by atoms with Crippen LogP contribution in [0.3, 0.4) is 0 Å². The molecule has 120 valence electrons. The zero-order valence-electron chi connectivity index (χ0n) is 13.0. The highest BCUT2D eigenvalue weighted by molar-refractivity contribution is 6.30. The number of hydrogen-bond acceptors (Lipinski definition) is 2. The highest BCUT2D eigenvalue weighted by Crippen LogP contribution is 2.38. The molecule has 1 saturated heterocycles. The molecule has 0 N–H and O–H groups in total. The third-order valence-corrected chi connectivity index (χ3v) is 5.06. The smallest absolute Gasteiger partial charge is 0.260 e. The van der Waals surface area contributed by atoms with Gasteiger partial charge in [0.2, 0.25) is 0 Å². The Morgan fingerprint density at radius 1 is 1.14 bits per heavy atom. The number of carbonyl (C=O) groups is 1. The number of nitrogens with zero attached hydrogens (tertiary/aromatic N) is 1. The van der Waals surface area contributed by atoms with Crippen molar-refractivity contribution in [3.05, 3.63) is 28.8 Å². The van der Waals surface area contributed by atoms with E-state index >= 15 is 0 Å². The van der Waals surface area contributed by atoms with Gasteiger partial charge in [-0.1, -0.05) is 30.9 Å². The van der Waals surface area contributed by atoms with Crippen molar-refractivity contribution in [1.29, 1.82) is 0 Å². The fourth-order valence-electron chi connectivity index (χ4n) is 3.58. The molecule has 1 aliphatic carbocycles. The molecule has 0 bridgehead atoms. The summed E-state index contributed by atoms with van der Waals surface area (Å²) < 4.78 is 5.87. The molecule has 1 amide bonds. The molecule has 0 spiro atoms. The first kappa shape index (κ1) is 15.7. The minimum Gasteiger partial charge on any atom is -0.483 e. The van der Waals surface area contributed by atoms with Gasteiger partial charge in [0.25, 0.3) is 5.91 Å². The number of benzene rings is 1. The summed E-state index contributed by atoms with van der Waals surface area (Å²) in [4.78, 5) is 14.0. The Balaban J connectivity index is 1.68. The fourth-order valence-corrected chi connectivity index (χ4v) is 3.76. The van der Waals surface area contributed by atoms with Gasteiger partial charge in [-0.3, -0.25) is 4.79 Å². The van der Waals surface area contributed by atoms with Crippen molar-refractivity contribution in [2.75, 3.05) is 19.7 Å². The van der Waals surface area contributed by atoms with Crippen LogP contribution in [-0.4, -0.2) is 30.5 Å². The number of amides is 1. The Morgan fingerprint density at radius 2 is 1.86 bits per heavy atom. The van der Waals surface area contributed by atoms with Crippen LogP contribution in [-0.2, 0) is 4.79 Å². The molecular weight excluding hydrogens is 298 g/mol. The van der Waals surface area contributed by atoms with Crippen molar-refractivity contribution >= 4 is 17.5 Å². The molecule has 2 fully saturated rings. The van der Waals surface area contributed by atoms with Crippen LogP contribution in [0.1, 0.15) is 56.4 Å². The van der Waals surface area contributed by atoms with Gasteiger partial charge in [-0.25, -0.2) is 0 Å². The van der Waals surface area contributed by atoms with E-state index in [4.69, 9.17) is 16.3 Å². The Kier molecular flexibility index (Phi) is 5.24. The van der Waals surface area contributed by atoms with Crippen molar-refractivity contribution in [1.82, 2.24) is 4.90 Å². The van der Waals surface area contributed by atoms with Gasteiger partial charge in [0, 0.05) is 18.1 Å². The third-order valence-electron chi connectivity index (χ3n) is 4.83. The molecule has 0 unspecified atom stereocenters. The Bertz CT molecular complexity index is 520. The summed E-state index contributed by atoms with van der Waals surface area (Å²) in [5, 5.41) is 0.749. The lowest BCUT2D eigenvalue weighted by Gasteiger charge is -2.24. The third kappa shape index (κ3) is 3.75. The van der Waals surface area contributed by atoms with Gasteiger partial charge in [0.1, 0.15) is 5.75 Å². The van der Waals surface area contributed by atoms with Crippen LogP contribution < -0.4 is 4.74 Å². The topological polar surface area (TPSA) is 29.5 Å². The predicted molar refractivity (Wildman–Crippen MR) is 88.6 cm³/mol.